The van der Waals surface area contributed by atoms with Gasteiger partial charge in [0.2, 0.25) is 0 Å². The maximum Gasteiger partial charge on any atom is 0.0508 e. The molecular weight excluding hydrogens is 212 g/mol. The van der Waals surface area contributed by atoms with E-state index in [1.54, 1.807) is 7.11 Å². The third-order valence-electron chi connectivity index (χ3n) is 3.47. The first-order chi connectivity index (χ1) is 8.20. The number of hydrogen-bond donors (Lipinski definition) is 1. The number of ether oxygens (including phenoxy) is 1. The zero-order valence-electron chi connectivity index (χ0n) is 10.7. The molecule has 1 aromatic rings. The van der Waals surface area contributed by atoms with Gasteiger partial charge in [-0.25, -0.2) is 0 Å². The van der Waals surface area contributed by atoms with E-state index in [0.29, 0.717) is 5.92 Å². The van der Waals surface area contributed by atoms with Gasteiger partial charge in [-0.3, -0.25) is 0 Å². The number of hydrogen-bond acceptors (Lipinski definition) is 3. The van der Waals surface area contributed by atoms with Crippen LogP contribution in [0.1, 0.15) is 24.9 Å². The average molecular weight is 234 g/mol. The van der Waals surface area contributed by atoms with Crippen LogP contribution in [0.5, 0.6) is 0 Å². The van der Waals surface area contributed by atoms with E-state index in [4.69, 9.17) is 10.5 Å². The lowest BCUT2D eigenvalue weighted by atomic mass is 10.1. The standard InChI is InChI=1S/C14H22N2O/c1-11(15)13-3-5-14(6-4-13)16-8-7-12(9-16)10-17-2/h3-6,11-12H,7-10,15H2,1-2H3/t11-,12?/m1/s1. The molecular formula is C14H22N2O. The molecule has 0 spiro atoms. The van der Waals surface area contributed by atoms with Crippen LogP contribution in [0.25, 0.3) is 0 Å². The van der Waals surface area contributed by atoms with Gasteiger partial charge in [0.25, 0.3) is 0 Å². The minimum absolute atomic E-state index is 0.115. The Labute approximate surface area is 104 Å². The van der Waals surface area contributed by atoms with Crippen LogP contribution in [0.2, 0.25) is 0 Å². The maximum atomic E-state index is 5.85. The molecule has 1 aliphatic rings. The maximum absolute atomic E-state index is 5.85. The summed E-state index contributed by atoms with van der Waals surface area (Å²) in [6.45, 7) is 5.12. The van der Waals surface area contributed by atoms with Crippen molar-refractivity contribution in [2.75, 3.05) is 31.7 Å². The van der Waals surface area contributed by atoms with Crippen LogP contribution in [0.15, 0.2) is 24.3 Å². The second-order valence-corrected chi connectivity index (χ2v) is 4.94. The van der Waals surface area contributed by atoms with Crippen LogP contribution in [0.3, 0.4) is 0 Å². The Morgan fingerprint density at radius 2 is 2.12 bits per heavy atom. The summed E-state index contributed by atoms with van der Waals surface area (Å²) in [5.41, 5.74) is 8.34. The van der Waals surface area contributed by atoms with E-state index in [2.05, 4.69) is 29.2 Å². The SMILES string of the molecule is COCC1CCN(c2ccc([C@@H](C)N)cc2)C1. The lowest BCUT2D eigenvalue weighted by Crippen LogP contribution is -2.21. The summed E-state index contributed by atoms with van der Waals surface area (Å²) in [4.78, 5) is 2.43. The zero-order valence-corrected chi connectivity index (χ0v) is 10.7. The van der Waals surface area contributed by atoms with E-state index in [1.807, 2.05) is 6.92 Å². The number of benzene rings is 1. The topological polar surface area (TPSA) is 38.5 Å². The molecule has 0 saturated carbocycles. The second-order valence-electron chi connectivity index (χ2n) is 4.94. The zero-order chi connectivity index (χ0) is 12.3. The Morgan fingerprint density at radius 1 is 1.41 bits per heavy atom. The summed E-state index contributed by atoms with van der Waals surface area (Å²) in [5.74, 6) is 0.674. The fourth-order valence-electron chi connectivity index (χ4n) is 2.43. The molecule has 2 rings (SSSR count). The lowest BCUT2D eigenvalue weighted by Gasteiger charge is -2.19. The molecule has 2 atom stereocenters. The molecule has 17 heavy (non-hydrogen) atoms. The minimum Gasteiger partial charge on any atom is -0.384 e. The number of nitrogens with two attached hydrogens (primary N) is 1. The van der Waals surface area contributed by atoms with Gasteiger partial charge in [0, 0.05) is 37.8 Å². The molecule has 0 aliphatic carbocycles. The van der Waals surface area contributed by atoms with Gasteiger partial charge >= 0.3 is 0 Å². The highest BCUT2D eigenvalue weighted by molar-refractivity contribution is 5.48. The van der Waals surface area contributed by atoms with Crippen molar-refractivity contribution in [1.82, 2.24) is 0 Å². The van der Waals surface area contributed by atoms with Crippen molar-refractivity contribution in [2.45, 2.75) is 19.4 Å². The number of nitrogens with zero attached hydrogens (tertiary/aromatic N) is 1. The Hall–Kier alpha value is -1.06. The minimum atomic E-state index is 0.115. The molecule has 0 aromatic heterocycles. The molecule has 0 amide bonds. The average Bonchev–Trinajstić information content (AvgIpc) is 2.78. The van der Waals surface area contributed by atoms with Crippen molar-refractivity contribution in [3.8, 4) is 0 Å². The van der Waals surface area contributed by atoms with Gasteiger partial charge in [0.05, 0.1) is 6.61 Å². The fourth-order valence-corrected chi connectivity index (χ4v) is 2.43. The van der Waals surface area contributed by atoms with Gasteiger partial charge in [-0.2, -0.15) is 0 Å². The summed E-state index contributed by atoms with van der Waals surface area (Å²) >= 11 is 0. The van der Waals surface area contributed by atoms with Gasteiger partial charge in [0.15, 0.2) is 0 Å². The molecule has 0 bridgehead atoms. The van der Waals surface area contributed by atoms with E-state index >= 15 is 0 Å². The van der Waals surface area contributed by atoms with Gasteiger partial charge in [0.1, 0.15) is 0 Å². The second kappa shape index (κ2) is 5.52. The number of anilines is 1. The van der Waals surface area contributed by atoms with Crippen LogP contribution in [-0.4, -0.2) is 26.8 Å². The number of rotatable bonds is 4. The van der Waals surface area contributed by atoms with Gasteiger partial charge in [-0.05, 0) is 31.0 Å². The van der Waals surface area contributed by atoms with Gasteiger partial charge in [-0.15, -0.1) is 0 Å². The van der Waals surface area contributed by atoms with Crippen molar-refractivity contribution in [3.05, 3.63) is 29.8 Å². The highest BCUT2D eigenvalue weighted by Crippen LogP contribution is 2.25. The summed E-state index contributed by atoms with van der Waals surface area (Å²) in [6.07, 6.45) is 1.23. The molecule has 1 heterocycles. The van der Waals surface area contributed by atoms with Crippen LogP contribution in [0, 0.1) is 5.92 Å². The fraction of sp³-hybridized carbons (Fsp3) is 0.571. The van der Waals surface area contributed by atoms with E-state index in [0.717, 1.165) is 19.7 Å². The molecule has 1 unspecified atom stereocenters. The lowest BCUT2D eigenvalue weighted by molar-refractivity contribution is 0.161. The van der Waals surface area contributed by atoms with E-state index in [9.17, 15) is 0 Å². The van der Waals surface area contributed by atoms with Crippen molar-refractivity contribution in [2.24, 2.45) is 11.7 Å². The summed E-state index contributed by atoms with van der Waals surface area (Å²) < 4.78 is 5.22. The first-order valence-corrected chi connectivity index (χ1v) is 6.30. The summed E-state index contributed by atoms with van der Waals surface area (Å²) in [6, 6.07) is 8.72. The summed E-state index contributed by atoms with van der Waals surface area (Å²) in [7, 11) is 1.78. The van der Waals surface area contributed by atoms with Crippen LogP contribution in [-0.2, 0) is 4.74 Å². The molecule has 0 radical (unpaired) electrons. The van der Waals surface area contributed by atoms with Crippen molar-refractivity contribution < 1.29 is 4.74 Å². The van der Waals surface area contributed by atoms with E-state index < -0.39 is 0 Å². The molecule has 2 N–H and O–H groups in total. The molecule has 3 heteroatoms. The third-order valence-corrected chi connectivity index (χ3v) is 3.47. The quantitative estimate of drug-likeness (QED) is 0.868. The molecule has 94 valence electrons. The molecule has 1 aromatic carbocycles. The first-order valence-electron chi connectivity index (χ1n) is 6.30. The van der Waals surface area contributed by atoms with Crippen molar-refractivity contribution in [3.63, 3.8) is 0 Å². The Kier molecular flexibility index (Phi) is 4.02. The monoisotopic (exact) mass is 234 g/mol. The predicted molar refractivity (Wildman–Crippen MR) is 71.2 cm³/mol. The molecule has 1 fully saturated rings. The third kappa shape index (κ3) is 2.99. The molecule has 1 aliphatic heterocycles. The van der Waals surface area contributed by atoms with Gasteiger partial charge < -0.3 is 15.4 Å². The molecule has 1 saturated heterocycles. The smallest absolute Gasteiger partial charge is 0.0508 e. The van der Waals surface area contributed by atoms with Crippen molar-refractivity contribution in [1.29, 1.82) is 0 Å². The first kappa shape index (κ1) is 12.4. The number of methoxy groups -OCH3 is 1. The van der Waals surface area contributed by atoms with Crippen LogP contribution < -0.4 is 10.6 Å². The highest BCUT2D eigenvalue weighted by atomic mass is 16.5. The normalized spacial score (nSPS) is 21.8. The Bertz CT molecular complexity index is 348. The summed E-state index contributed by atoms with van der Waals surface area (Å²) in [5, 5.41) is 0. The molecule has 3 nitrogen and oxygen atoms in total. The van der Waals surface area contributed by atoms with Crippen LogP contribution in [0.4, 0.5) is 5.69 Å². The predicted octanol–water partition coefficient (Wildman–Crippen LogP) is 2.18. The van der Waals surface area contributed by atoms with E-state index in [1.165, 1.54) is 17.7 Å². The van der Waals surface area contributed by atoms with Crippen LogP contribution >= 0.6 is 0 Å². The van der Waals surface area contributed by atoms with Crippen molar-refractivity contribution >= 4 is 5.69 Å². The highest BCUT2D eigenvalue weighted by Gasteiger charge is 2.22. The Balaban J connectivity index is 1.99. The van der Waals surface area contributed by atoms with E-state index in [-0.39, 0.29) is 6.04 Å². The van der Waals surface area contributed by atoms with Gasteiger partial charge in [-0.1, -0.05) is 12.1 Å². The largest absolute Gasteiger partial charge is 0.384 e. The Morgan fingerprint density at radius 3 is 2.71 bits per heavy atom.